The molecule has 0 spiro atoms. The number of hydrogen-bond donors (Lipinski definition) is 1. The minimum atomic E-state index is -0.208. The lowest BCUT2D eigenvalue weighted by Crippen LogP contribution is -2.12. The van der Waals surface area contributed by atoms with Crippen LogP contribution < -0.4 is 10.1 Å². The lowest BCUT2D eigenvalue weighted by atomic mass is 10.1. The molecule has 2 aromatic carbocycles. The van der Waals surface area contributed by atoms with Crippen molar-refractivity contribution in [3.05, 3.63) is 84.7 Å². The number of hydrogen-bond acceptors (Lipinski definition) is 5. The van der Waals surface area contributed by atoms with Crippen LogP contribution in [-0.2, 0) is 0 Å². The normalized spacial score (nSPS) is 10.5. The molecule has 2 aromatic heterocycles. The molecule has 0 saturated carbocycles. The molecule has 0 bridgehead atoms. The van der Waals surface area contributed by atoms with Crippen molar-refractivity contribution in [3.63, 3.8) is 0 Å². The fourth-order valence-corrected chi connectivity index (χ4v) is 2.60. The monoisotopic (exact) mass is 342 g/mol. The number of nitrogens with one attached hydrogen (secondary N) is 1. The molecule has 0 saturated heterocycles. The second kappa shape index (κ2) is 6.98. The van der Waals surface area contributed by atoms with Gasteiger partial charge in [0, 0.05) is 41.2 Å². The van der Waals surface area contributed by atoms with E-state index in [0.29, 0.717) is 22.9 Å². The Bertz CT molecular complexity index is 1060. The van der Waals surface area contributed by atoms with Gasteiger partial charge < -0.3 is 10.1 Å². The van der Waals surface area contributed by atoms with Gasteiger partial charge in [0.05, 0.1) is 5.52 Å². The minimum absolute atomic E-state index is 0.208. The van der Waals surface area contributed by atoms with Gasteiger partial charge in [-0.05, 0) is 36.4 Å². The second-order valence-corrected chi connectivity index (χ2v) is 5.52. The van der Waals surface area contributed by atoms with E-state index in [4.69, 9.17) is 4.74 Å². The van der Waals surface area contributed by atoms with Crippen LogP contribution in [0.1, 0.15) is 10.4 Å². The summed E-state index contributed by atoms with van der Waals surface area (Å²) in [5.41, 5.74) is 1.97. The lowest BCUT2D eigenvalue weighted by Gasteiger charge is -2.09. The summed E-state index contributed by atoms with van der Waals surface area (Å²) >= 11 is 0. The Balaban J connectivity index is 1.57. The Kier molecular flexibility index (Phi) is 4.22. The molecule has 0 radical (unpaired) electrons. The molecular weight excluding hydrogens is 328 g/mol. The molecule has 6 heteroatoms. The highest BCUT2D eigenvalue weighted by Gasteiger charge is 2.11. The summed E-state index contributed by atoms with van der Waals surface area (Å²) in [4.78, 5) is 17.0. The molecule has 1 N–H and O–H groups in total. The van der Waals surface area contributed by atoms with Crippen molar-refractivity contribution in [2.45, 2.75) is 0 Å². The SMILES string of the molecule is O=C(Nc1cccc(Oc2cccnn2)c1)c1cccc2ncccc12. The van der Waals surface area contributed by atoms with E-state index in [0.717, 1.165) is 10.9 Å². The van der Waals surface area contributed by atoms with Gasteiger partial charge in [0.25, 0.3) is 5.91 Å². The van der Waals surface area contributed by atoms with E-state index in [1.165, 1.54) is 0 Å². The van der Waals surface area contributed by atoms with Crippen LogP contribution in [0.5, 0.6) is 11.6 Å². The van der Waals surface area contributed by atoms with Gasteiger partial charge in [-0.15, -0.1) is 5.10 Å². The number of carbonyl (C=O) groups excluding carboxylic acids is 1. The number of aromatic nitrogens is 3. The van der Waals surface area contributed by atoms with Gasteiger partial charge in [-0.3, -0.25) is 9.78 Å². The van der Waals surface area contributed by atoms with Gasteiger partial charge in [-0.2, -0.15) is 5.10 Å². The number of pyridine rings is 1. The number of rotatable bonds is 4. The van der Waals surface area contributed by atoms with Crippen molar-refractivity contribution < 1.29 is 9.53 Å². The van der Waals surface area contributed by atoms with Crippen molar-refractivity contribution in [1.82, 2.24) is 15.2 Å². The summed E-state index contributed by atoms with van der Waals surface area (Å²) in [5, 5.41) is 11.3. The number of benzene rings is 2. The van der Waals surface area contributed by atoms with E-state index in [9.17, 15) is 4.79 Å². The largest absolute Gasteiger partial charge is 0.437 e. The Morgan fingerprint density at radius 3 is 2.69 bits per heavy atom. The molecule has 4 rings (SSSR count). The zero-order chi connectivity index (χ0) is 17.8. The molecule has 0 atom stereocenters. The first kappa shape index (κ1) is 15.7. The van der Waals surface area contributed by atoms with Crippen LogP contribution in [-0.4, -0.2) is 21.1 Å². The average Bonchev–Trinajstić information content (AvgIpc) is 2.68. The maximum atomic E-state index is 12.7. The maximum Gasteiger partial charge on any atom is 0.256 e. The van der Waals surface area contributed by atoms with Crippen LogP contribution in [0, 0.1) is 0 Å². The molecule has 0 fully saturated rings. The predicted octanol–water partition coefficient (Wildman–Crippen LogP) is 4.07. The van der Waals surface area contributed by atoms with E-state index in [-0.39, 0.29) is 5.91 Å². The van der Waals surface area contributed by atoms with E-state index < -0.39 is 0 Å². The molecule has 0 aliphatic carbocycles. The number of carbonyl (C=O) groups is 1. The van der Waals surface area contributed by atoms with Crippen molar-refractivity contribution in [1.29, 1.82) is 0 Å². The number of amides is 1. The Hall–Kier alpha value is -3.80. The summed E-state index contributed by atoms with van der Waals surface area (Å²) < 4.78 is 5.64. The quantitative estimate of drug-likeness (QED) is 0.605. The lowest BCUT2D eigenvalue weighted by molar-refractivity contribution is 0.102. The molecule has 2 heterocycles. The van der Waals surface area contributed by atoms with Crippen molar-refractivity contribution in [2.24, 2.45) is 0 Å². The van der Waals surface area contributed by atoms with Gasteiger partial charge in [0.1, 0.15) is 5.75 Å². The van der Waals surface area contributed by atoms with Gasteiger partial charge >= 0.3 is 0 Å². The molecule has 0 aliphatic rings. The summed E-state index contributed by atoms with van der Waals surface area (Å²) in [6, 6.07) is 19.7. The van der Waals surface area contributed by atoms with Gasteiger partial charge in [0.15, 0.2) is 0 Å². The molecule has 126 valence electrons. The maximum absolute atomic E-state index is 12.7. The second-order valence-electron chi connectivity index (χ2n) is 5.52. The highest BCUT2D eigenvalue weighted by atomic mass is 16.5. The van der Waals surface area contributed by atoms with Crippen molar-refractivity contribution in [2.75, 3.05) is 5.32 Å². The fourth-order valence-electron chi connectivity index (χ4n) is 2.60. The third kappa shape index (κ3) is 3.34. The first-order valence-corrected chi connectivity index (χ1v) is 8.00. The summed E-state index contributed by atoms with van der Waals surface area (Å²) in [6.45, 7) is 0. The smallest absolute Gasteiger partial charge is 0.256 e. The number of anilines is 1. The third-order valence-electron chi connectivity index (χ3n) is 3.75. The molecule has 6 nitrogen and oxygen atoms in total. The predicted molar refractivity (Wildman–Crippen MR) is 98.2 cm³/mol. The standard InChI is InChI=1S/C20H14N4O2/c25-20(17-7-2-9-18-16(17)8-3-11-21-18)23-14-5-1-6-15(13-14)26-19-10-4-12-22-24-19/h1-13H,(H,23,25). The van der Waals surface area contributed by atoms with E-state index in [1.54, 1.807) is 54.9 Å². The topological polar surface area (TPSA) is 77.0 Å². The average molecular weight is 342 g/mol. The number of fused-ring (bicyclic) bond motifs is 1. The number of ether oxygens (including phenoxy) is 1. The summed E-state index contributed by atoms with van der Waals surface area (Å²) in [6.07, 6.45) is 3.28. The van der Waals surface area contributed by atoms with E-state index in [2.05, 4.69) is 20.5 Å². The van der Waals surface area contributed by atoms with Crippen LogP contribution >= 0.6 is 0 Å². The summed E-state index contributed by atoms with van der Waals surface area (Å²) in [7, 11) is 0. The van der Waals surface area contributed by atoms with Crippen LogP contribution in [0.4, 0.5) is 5.69 Å². The summed E-state index contributed by atoms with van der Waals surface area (Å²) in [5.74, 6) is 0.735. The molecular formula is C20H14N4O2. The van der Waals surface area contributed by atoms with Crippen LogP contribution in [0.2, 0.25) is 0 Å². The number of nitrogens with zero attached hydrogens (tertiary/aromatic N) is 3. The molecule has 0 aliphatic heterocycles. The molecule has 0 unspecified atom stereocenters. The Labute approximate surface area is 149 Å². The molecule has 4 aromatic rings. The zero-order valence-electron chi connectivity index (χ0n) is 13.7. The third-order valence-corrected chi connectivity index (χ3v) is 3.75. The first-order valence-electron chi connectivity index (χ1n) is 8.00. The van der Waals surface area contributed by atoms with Crippen molar-refractivity contribution >= 4 is 22.5 Å². The highest BCUT2D eigenvalue weighted by molar-refractivity contribution is 6.12. The zero-order valence-corrected chi connectivity index (χ0v) is 13.7. The van der Waals surface area contributed by atoms with E-state index >= 15 is 0 Å². The molecule has 1 amide bonds. The Morgan fingerprint density at radius 2 is 1.81 bits per heavy atom. The Morgan fingerprint density at radius 1 is 0.923 bits per heavy atom. The first-order chi connectivity index (χ1) is 12.8. The van der Waals surface area contributed by atoms with Crippen molar-refractivity contribution in [3.8, 4) is 11.6 Å². The van der Waals surface area contributed by atoms with Crippen LogP contribution in [0.15, 0.2) is 79.1 Å². The van der Waals surface area contributed by atoms with Gasteiger partial charge in [-0.25, -0.2) is 0 Å². The van der Waals surface area contributed by atoms with Crippen LogP contribution in [0.3, 0.4) is 0 Å². The highest BCUT2D eigenvalue weighted by Crippen LogP contribution is 2.23. The fraction of sp³-hybridized carbons (Fsp3) is 0. The van der Waals surface area contributed by atoms with E-state index in [1.807, 2.05) is 24.3 Å². The molecule has 26 heavy (non-hydrogen) atoms. The van der Waals surface area contributed by atoms with Gasteiger partial charge in [-0.1, -0.05) is 18.2 Å². The van der Waals surface area contributed by atoms with Gasteiger partial charge in [0.2, 0.25) is 5.88 Å². The van der Waals surface area contributed by atoms with Crippen LogP contribution in [0.25, 0.3) is 10.9 Å². The minimum Gasteiger partial charge on any atom is -0.437 e.